The highest BCUT2D eigenvalue weighted by Gasteiger charge is 2.37. The minimum Gasteiger partial charge on any atom is -0.349 e. The van der Waals surface area contributed by atoms with Gasteiger partial charge in [-0.2, -0.15) is 9.67 Å². The van der Waals surface area contributed by atoms with Crippen molar-refractivity contribution in [3.05, 3.63) is 82.3 Å². The maximum absolute atomic E-state index is 13.1. The van der Waals surface area contributed by atoms with Gasteiger partial charge in [-0.3, -0.25) is 24.3 Å². The van der Waals surface area contributed by atoms with E-state index < -0.39 is 24.3 Å². The van der Waals surface area contributed by atoms with E-state index in [1.54, 1.807) is 60.1 Å². The predicted octanol–water partition coefficient (Wildman–Crippen LogP) is 2.95. The summed E-state index contributed by atoms with van der Waals surface area (Å²) in [5, 5.41) is 9.41. The molecule has 32 heavy (non-hydrogen) atoms. The lowest BCUT2D eigenvalue weighted by atomic mass is 10.1. The molecule has 2 amide bonds. The molecule has 0 radical (unpaired) electrons. The summed E-state index contributed by atoms with van der Waals surface area (Å²) in [5.74, 6) is -1.03. The number of carbonyl (C=O) groups is 3. The van der Waals surface area contributed by atoms with E-state index in [0.29, 0.717) is 17.9 Å². The Morgan fingerprint density at radius 3 is 2.44 bits per heavy atom. The van der Waals surface area contributed by atoms with Crippen LogP contribution in [0.5, 0.6) is 0 Å². The molecule has 158 valence electrons. The van der Waals surface area contributed by atoms with E-state index in [0.717, 1.165) is 14.5 Å². The van der Waals surface area contributed by atoms with Gasteiger partial charge >= 0.3 is 0 Å². The molecule has 0 spiro atoms. The summed E-state index contributed by atoms with van der Waals surface area (Å²) in [5.41, 5.74) is 1.21. The number of rotatable bonds is 6. The molecule has 0 saturated carbocycles. The summed E-state index contributed by atoms with van der Waals surface area (Å²) in [6.07, 6.45) is 3.22. The number of fused-ring (bicyclic) bond motifs is 1. The monoisotopic (exact) mass is 444 g/mol. The number of pyridine rings is 1. The summed E-state index contributed by atoms with van der Waals surface area (Å²) in [7, 11) is 0. The van der Waals surface area contributed by atoms with Gasteiger partial charge in [0.15, 0.2) is 5.82 Å². The Kier molecular flexibility index (Phi) is 5.04. The lowest BCUT2D eigenvalue weighted by Crippen LogP contribution is -2.37. The molecule has 0 unspecified atom stereocenters. The van der Waals surface area contributed by atoms with Gasteiger partial charge in [-0.05, 0) is 35.7 Å². The van der Waals surface area contributed by atoms with E-state index in [1.807, 2.05) is 17.5 Å². The van der Waals surface area contributed by atoms with Crippen molar-refractivity contribution in [2.45, 2.75) is 6.54 Å². The van der Waals surface area contributed by atoms with E-state index in [4.69, 9.17) is 0 Å². The standard InChI is InChI=1S/C22H16N6O3S/c29-18(13-27-20(30)16-7-1-2-8-17(16)21(27)31)28-22(24-12-15-6-4-10-32-15)25-19(26-28)14-5-3-9-23-11-14/h1-11H,12-13H2,(H,24,25,26). The summed E-state index contributed by atoms with van der Waals surface area (Å²) in [4.78, 5) is 48.9. The fourth-order valence-electron chi connectivity index (χ4n) is 3.38. The molecule has 1 aliphatic rings. The van der Waals surface area contributed by atoms with E-state index in [-0.39, 0.29) is 17.1 Å². The van der Waals surface area contributed by atoms with Crippen LogP contribution in [0.2, 0.25) is 0 Å². The second-order valence-electron chi connectivity index (χ2n) is 6.98. The molecule has 3 aromatic heterocycles. The van der Waals surface area contributed by atoms with Gasteiger partial charge in [0.05, 0.1) is 17.7 Å². The van der Waals surface area contributed by atoms with Crippen LogP contribution in [0.15, 0.2) is 66.3 Å². The van der Waals surface area contributed by atoms with Crippen LogP contribution in [0.4, 0.5) is 5.95 Å². The van der Waals surface area contributed by atoms with E-state index in [2.05, 4.69) is 20.4 Å². The normalized spacial score (nSPS) is 12.8. The minimum absolute atomic E-state index is 0.221. The van der Waals surface area contributed by atoms with Gasteiger partial charge in [0, 0.05) is 22.8 Å². The molecule has 4 heterocycles. The first-order valence-electron chi connectivity index (χ1n) is 9.74. The molecule has 1 aromatic carbocycles. The molecule has 4 aromatic rings. The third-order valence-electron chi connectivity index (χ3n) is 4.94. The van der Waals surface area contributed by atoms with Crippen LogP contribution < -0.4 is 5.32 Å². The molecule has 5 rings (SSSR count). The summed E-state index contributed by atoms with van der Waals surface area (Å²) < 4.78 is 1.10. The molecule has 0 saturated heterocycles. The summed E-state index contributed by atoms with van der Waals surface area (Å²) in [6, 6.07) is 13.9. The summed E-state index contributed by atoms with van der Waals surface area (Å²) >= 11 is 1.57. The Morgan fingerprint density at radius 2 is 1.78 bits per heavy atom. The Balaban J connectivity index is 1.43. The SMILES string of the molecule is O=C1c2ccccc2C(=O)N1CC(=O)n1nc(-c2cccnc2)nc1NCc1cccs1. The van der Waals surface area contributed by atoms with Gasteiger partial charge in [-0.1, -0.05) is 18.2 Å². The number of carbonyl (C=O) groups excluding carboxylic acids is 3. The first-order chi connectivity index (χ1) is 15.6. The zero-order chi connectivity index (χ0) is 22.1. The largest absolute Gasteiger partial charge is 0.349 e. The fourth-order valence-corrected chi connectivity index (χ4v) is 4.03. The van der Waals surface area contributed by atoms with E-state index in [1.165, 1.54) is 0 Å². The quantitative estimate of drug-likeness (QED) is 0.455. The van der Waals surface area contributed by atoms with Crippen LogP contribution >= 0.6 is 11.3 Å². The number of thiophene rings is 1. The third-order valence-corrected chi connectivity index (χ3v) is 5.81. The Bertz CT molecular complexity index is 1280. The van der Waals surface area contributed by atoms with Crippen molar-refractivity contribution >= 4 is 35.0 Å². The molecule has 0 fully saturated rings. The van der Waals surface area contributed by atoms with Crippen molar-refractivity contribution in [3.63, 3.8) is 0 Å². The van der Waals surface area contributed by atoms with Gasteiger partial charge < -0.3 is 5.32 Å². The molecule has 10 heteroatoms. The molecular formula is C22H16N6O3S. The second kappa shape index (κ2) is 8.16. The molecule has 1 aliphatic heterocycles. The maximum Gasteiger partial charge on any atom is 0.270 e. The Morgan fingerprint density at radius 1 is 1.00 bits per heavy atom. The van der Waals surface area contributed by atoms with Crippen LogP contribution in [-0.2, 0) is 6.54 Å². The molecule has 0 atom stereocenters. The first kappa shape index (κ1) is 19.8. The molecular weight excluding hydrogens is 428 g/mol. The van der Waals surface area contributed by atoms with E-state index >= 15 is 0 Å². The smallest absolute Gasteiger partial charge is 0.270 e. The van der Waals surface area contributed by atoms with Gasteiger partial charge in [0.25, 0.3) is 17.7 Å². The number of benzene rings is 1. The number of amides is 2. The Labute approximate surface area is 186 Å². The zero-order valence-electron chi connectivity index (χ0n) is 16.6. The Hall–Kier alpha value is -4.18. The third kappa shape index (κ3) is 3.56. The zero-order valence-corrected chi connectivity index (χ0v) is 17.5. The average Bonchev–Trinajstić information content (AvgIpc) is 3.55. The number of aromatic nitrogens is 4. The van der Waals surface area contributed by atoms with Crippen molar-refractivity contribution in [2.24, 2.45) is 0 Å². The van der Waals surface area contributed by atoms with Gasteiger partial charge in [0.2, 0.25) is 5.95 Å². The van der Waals surface area contributed by atoms with Gasteiger partial charge in [-0.25, -0.2) is 0 Å². The lowest BCUT2D eigenvalue weighted by molar-refractivity contribution is 0.0601. The number of hydrogen-bond donors (Lipinski definition) is 1. The molecule has 0 bridgehead atoms. The first-order valence-corrected chi connectivity index (χ1v) is 10.6. The number of nitrogens with zero attached hydrogens (tertiary/aromatic N) is 5. The topological polar surface area (TPSA) is 110 Å². The number of imide groups is 1. The van der Waals surface area contributed by atoms with Crippen LogP contribution in [0.1, 0.15) is 30.4 Å². The molecule has 0 aliphatic carbocycles. The number of anilines is 1. The lowest BCUT2D eigenvalue weighted by Gasteiger charge is -2.13. The highest BCUT2D eigenvalue weighted by atomic mass is 32.1. The highest BCUT2D eigenvalue weighted by molar-refractivity contribution is 7.09. The van der Waals surface area contributed by atoms with Crippen LogP contribution in [0.3, 0.4) is 0 Å². The van der Waals surface area contributed by atoms with E-state index in [9.17, 15) is 14.4 Å². The molecule has 9 nitrogen and oxygen atoms in total. The fraction of sp³-hybridized carbons (Fsp3) is 0.0909. The number of nitrogens with one attached hydrogen (secondary N) is 1. The van der Waals surface area contributed by atoms with Crippen molar-refractivity contribution in [1.29, 1.82) is 0 Å². The van der Waals surface area contributed by atoms with Gasteiger partial charge in [0.1, 0.15) is 6.54 Å². The van der Waals surface area contributed by atoms with Crippen LogP contribution in [-0.4, -0.2) is 48.9 Å². The second-order valence-corrected chi connectivity index (χ2v) is 8.01. The summed E-state index contributed by atoms with van der Waals surface area (Å²) in [6.45, 7) is -0.000987. The molecule has 1 N–H and O–H groups in total. The number of hydrogen-bond acceptors (Lipinski definition) is 8. The maximum atomic E-state index is 13.1. The van der Waals surface area contributed by atoms with Crippen molar-refractivity contribution in [2.75, 3.05) is 11.9 Å². The highest BCUT2D eigenvalue weighted by Crippen LogP contribution is 2.23. The van der Waals surface area contributed by atoms with Crippen molar-refractivity contribution in [1.82, 2.24) is 24.6 Å². The average molecular weight is 444 g/mol. The minimum atomic E-state index is -0.559. The van der Waals surface area contributed by atoms with Crippen LogP contribution in [0, 0.1) is 0 Å². The van der Waals surface area contributed by atoms with Crippen molar-refractivity contribution in [3.8, 4) is 11.4 Å². The van der Waals surface area contributed by atoms with Gasteiger partial charge in [-0.15, -0.1) is 16.4 Å². The predicted molar refractivity (Wildman–Crippen MR) is 117 cm³/mol. The van der Waals surface area contributed by atoms with Crippen molar-refractivity contribution < 1.29 is 14.4 Å². The van der Waals surface area contributed by atoms with Crippen LogP contribution in [0.25, 0.3) is 11.4 Å².